The standard InChI is InChI=1S/C17H24N2O2S/c1-4-5-13-19(3)22(20,21)18-14(2)16-12-8-10-15-9-6-7-11-17(15)16/h6-12,14,18H,4-5,13H2,1-3H3. The van der Waals surface area contributed by atoms with E-state index in [0.29, 0.717) is 6.54 Å². The molecule has 0 aliphatic carbocycles. The Morgan fingerprint density at radius 2 is 1.82 bits per heavy atom. The number of fused-ring (bicyclic) bond motifs is 1. The summed E-state index contributed by atoms with van der Waals surface area (Å²) < 4.78 is 28.9. The van der Waals surface area contributed by atoms with E-state index in [4.69, 9.17) is 0 Å². The summed E-state index contributed by atoms with van der Waals surface area (Å²) in [5, 5.41) is 2.20. The lowest BCUT2D eigenvalue weighted by atomic mass is 10.0. The van der Waals surface area contributed by atoms with Crippen LogP contribution in [0.5, 0.6) is 0 Å². The molecule has 0 saturated carbocycles. The summed E-state index contributed by atoms with van der Waals surface area (Å²) in [4.78, 5) is 0. The van der Waals surface area contributed by atoms with E-state index in [9.17, 15) is 8.42 Å². The molecule has 1 atom stereocenters. The zero-order valence-corrected chi connectivity index (χ0v) is 14.2. The molecule has 0 fully saturated rings. The Morgan fingerprint density at radius 1 is 1.14 bits per heavy atom. The SMILES string of the molecule is CCCCN(C)S(=O)(=O)NC(C)c1cccc2ccccc12. The first-order valence-corrected chi connectivity index (χ1v) is 9.11. The van der Waals surface area contributed by atoms with Gasteiger partial charge in [-0.15, -0.1) is 0 Å². The van der Waals surface area contributed by atoms with Crippen molar-refractivity contribution in [3.05, 3.63) is 48.0 Å². The highest BCUT2D eigenvalue weighted by Gasteiger charge is 2.21. The molecule has 5 heteroatoms. The number of nitrogens with one attached hydrogen (secondary N) is 1. The molecule has 120 valence electrons. The maximum Gasteiger partial charge on any atom is 0.279 e. The zero-order chi connectivity index (χ0) is 16.2. The quantitative estimate of drug-likeness (QED) is 0.849. The summed E-state index contributed by atoms with van der Waals surface area (Å²) in [6, 6.07) is 13.7. The van der Waals surface area contributed by atoms with Crippen molar-refractivity contribution in [1.29, 1.82) is 0 Å². The molecule has 0 spiro atoms. The first-order valence-electron chi connectivity index (χ1n) is 7.67. The third-order valence-corrected chi connectivity index (χ3v) is 5.51. The lowest BCUT2D eigenvalue weighted by Gasteiger charge is -2.22. The Hall–Kier alpha value is -1.43. The van der Waals surface area contributed by atoms with E-state index in [1.807, 2.05) is 56.3 Å². The maximum atomic E-state index is 12.4. The first-order chi connectivity index (χ1) is 10.5. The molecule has 1 unspecified atom stereocenters. The molecule has 2 rings (SSSR count). The number of hydrogen-bond donors (Lipinski definition) is 1. The molecule has 0 amide bonds. The number of nitrogens with zero attached hydrogens (tertiary/aromatic N) is 1. The Morgan fingerprint density at radius 3 is 2.55 bits per heavy atom. The number of unbranched alkanes of at least 4 members (excludes halogenated alkanes) is 1. The van der Waals surface area contributed by atoms with Crippen molar-refractivity contribution < 1.29 is 8.42 Å². The highest BCUT2D eigenvalue weighted by Crippen LogP contribution is 2.24. The van der Waals surface area contributed by atoms with Crippen LogP contribution in [0.25, 0.3) is 10.8 Å². The summed E-state index contributed by atoms with van der Waals surface area (Å²) in [7, 11) is -1.85. The van der Waals surface area contributed by atoms with Gasteiger partial charge in [0.25, 0.3) is 10.2 Å². The van der Waals surface area contributed by atoms with Gasteiger partial charge in [0.2, 0.25) is 0 Å². The van der Waals surface area contributed by atoms with Crippen LogP contribution in [-0.2, 0) is 10.2 Å². The molecule has 0 radical (unpaired) electrons. The predicted molar refractivity (Wildman–Crippen MR) is 92.0 cm³/mol. The van der Waals surface area contributed by atoms with Crippen molar-refractivity contribution in [2.45, 2.75) is 32.7 Å². The molecular formula is C17H24N2O2S. The smallest absolute Gasteiger partial charge is 0.195 e. The zero-order valence-electron chi connectivity index (χ0n) is 13.4. The summed E-state index contributed by atoms with van der Waals surface area (Å²) in [5.41, 5.74) is 0.991. The van der Waals surface area contributed by atoms with Gasteiger partial charge in [0, 0.05) is 19.6 Å². The predicted octanol–water partition coefficient (Wildman–Crippen LogP) is 3.47. The van der Waals surface area contributed by atoms with E-state index < -0.39 is 10.2 Å². The van der Waals surface area contributed by atoms with Gasteiger partial charge in [0.05, 0.1) is 0 Å². The van der Waals surface area contributed by atoms with Crippen LogP contribution in [0.3, 0.4) is 0 Å². The third-order valence-electron chi connectivity index (χ3n) is 3.85. The van der Waals surface area contributed by atoms with Gasteiger partial charge in [-0.2, -0.15) is 17.4 Å². The highest BCUT2D eigenvalue weighted by molar-refractivity contribution is 7.87. The summed E-state index contributed by atoms with van der Waals surface area (Å²) in [6.45, 7) is 4.47. The summed E-state index contributed by atoms with van der Waals surface area (Å²) in [5.74, 6) is 0. The van der Waals surface area contributed by atoms with Gasteiger partial charge in [0.1, 0.15) is 0 Å². The summed E-state index contributed by atoms with van der Waals surface area (Å²) in [6.07, 6.45) is 1.83. The molecule has 22 heavy (non-hydrogen) atoms. The average Bonchev–Trinajstić information content (AvgIpc) is 2.51. The van der Waals surface area contributed by atoms with Gasteiger partial charge in [-0.05, 0) is 29.7 Å². The number of benzene rings is 2. The summed E-state index contributed by atoms with van der Waals surface area (Å²) >= 11 is 0. The minimum absolute atomic E-state index is 0.278. The van der Waals surface area contributed by atoms with Crippen LogP contribution in [0, 0.1) is 0 Å². The Kier molecular flexibility index (Phi) is 5.56. The topological polar surface area (TPSA) is 49.4 Å². The third kappa shape index (κ3) is 3.85. The van der Waals surface area contributed by atoms with Crippen molar-refractivity contribution in [2.75, 3.05) is 13.6 Å². The molecule has 0 aliphatic rings. The maximum absolute atomic E-state index is 12.4. The van der Waals surface area contributed by atoms with Crippen molar-refractivity contribution in [3.8, 4) is 0 Å². The Labute approximate surface area is 133 Å². The normalized spacial score (nSPS) is 13.6. The fourth-order valence-electron chi connectivity index (χ4n) is 2.51. The van der Waals surface area contributed by atoms with Crippen molar-refractivity contribution in [1.82, 2.24) is 9.03 Å². The Balaban J connectivity index is 2.22. The molecule has 0 heterocycles. The largest absolute Gasteiger partial charge is 0.279 e. The van der Waals surface area contributed by atoms with E-state index in [2.05, 4.69) is 4.72 Å². The fourth-order valence-corrected chi connectivity index (χ4v) is 3.63. The molecule has 4 nitrogen and oxygen atoms in total. The highest BCUT2D eigenvalue weighted by atomic mass is 32.2. The lowest BCUT2D eigenvalue weighted by molar-refractivity contribution is 0.442. The van der Waals surface area contributed by atoms with E-state index in [1.54, 1.807) is 7.05 Å². The van der Waals surface area contributed by atoms with Crippen LogP contribution in [0.4, 0.5) is 0 Å². The van der Waals surface area contributed by atoms with E-state index in [1.165, 1.54) is 4.31 Å². The second-order valence-corrected chi connectivity index (χ2v) is 7.40. The Bertz CT molecular complexity index is 723. The van der Waals surface area contributed by atoms with Gasteiger partial charge in [-0.25, -0.2) is 0 Å². The van der Waals surface area contributed by atoms with E-state index in [-0.39, 0.29) is 6.04 Å². The molecule has 0 aromatic heterocycles. The fraction of sp³-hybridized carbons (Fsp3) is 0.412. The molecule has 0 aliphatic heterocycles. The monoisotopic (exact) mass is 320 g/mol. The van der Waals surface area contributed by atoms with Gasteiger partial charge < -0.3 is 0 Å². The number of rotatable bonds is 7. The minimum atomic E-state index is -3.47. The molecule has 0 saturated heterocycles. The lowest BCUT2D eigenvalue weighted by Crippen LogP contribution is -2.39. The van der Waals surface area contributed by atoms with Gasteiger partial charge in [-0.3, -0.25) is 0 Å². The van der Waals surface area contributed by atoms with Crippen LogP contribution in [0.15, 0.2) is 42.5 Å². The average molecular weight is 320 g/mol. The van der Waals surface area contributed by atoms with E-state index >= 15 is 0 Å². The van der Waals surface area contributed by atoms with Crippen molar-refractivity contribution in [2.24, 2.45) is 0 Å². The molecule has 2 aromatic rings. The molecular weight excluding hydrogens is 296 g/mol. The molecule has 2 aromatic carbocycles. The van der Waals surface area contributed by atoms with E-state index in [0.717, 1.165) is 29.2 Å². The van der Waals surface area contributed by atoms with Crippen LogP contribution < -0.4 is 4.72 Å². The van der Waals surface area contributed by atoms with Gasteiger partial charge in [-0.1, -0.05) is 55.8 Å². The first kappa shape index (κ1) is 16.9. The second-order valence-electron chi connectivity index (χ2n) is 5.59. The van der Waals surface area contributed by atoms with Gasteiger partial charge in [0.15, 0.2) is 0 Å². The van der Waals surface area contributed by atoms with Crippen LogP contribution >= 0.6 is 0 Å². The van der Waals surface area contributed by atoms with Gasteiger partial charge >= 0.3 is 0 Å². The van der Waals surface area contributed by atoms with Crippen LogP contribution in [-0.4, -0.2) is 26.3 Å². The van der Waals surface area contributed by atoms with Crippen LogP contribution in [0.1, 0.15) is 38.3 Å². The number of hydrogen-bond acceptors (Lipinski definition) is 2. The molecule has 0 bridgehead atoms. The van der Waals surface area contributed by atoms with Crippen molar-refractivity contribution >= 4 is 21.0 Å². The second kappa shape index (κ2) is 7.22. The van der Waals surface area contributed by atoms with Crippen molar-refractivity contribution in [3.63, 3.8) is 0 Å². The minimum Gasteiger partial charge on any atom is -0.195 e. The van der Waals surface area contributed by atoms with Crippen LogP contribution in [0.2, 0.25) is 0 Å². The molecule has 1 N–H and O–H groups in total.